The lowest BCUT2D eigenvalue weighted by Crippen LogP contribution is -2.40. The Morgan fingerprint density at radius 3 is 2.62 bits per heavy atom. The molecule has 0 aliphatic heterocycles. The first-order chi connectivity index (χ1) is 10.0. The minimum Gasteiger partial charge on any atom is -0.356 e. The lowest BCUT2D eigenvalue weighted by molar-refractivity contribution is 0.595. The van der Waals surface area contributed by atoms with E-state index in [2.05, 4.69) is 27.5 Å². The largest absolute Gasteiger partial charge is 0.356 e. The highest BCUT2D eigenvalue weighted by Gasteiger charge is 2.07. The van der Waals surface area contributed by atoms with Crippen molar-refractivity contribution in [2.24, 2.45) is 4.99 Å². The van der Waals surface area contributed by atoms with Gasteiger partial charge in [-0.2, -0.15) is 0 Å². The predicted molar refractivity (Wildman–Crippen MR) is 88.9 cm³/mol. The maximum atomic E-state index is 11.4. The van der Waals surface area contributed by atoms with E-state index in [1.54, 1.807) is 25.3 Å². The van der Waals surface area contributed by atoms with Gasteiger partial charge in [0.05, 0.1) is 10.8 Å². The van der Waals surface area contributed by atoms with Gasteiger partial charge in [-0.15, -0.1) is 11.3 Å². The Morgan fingerprint density at radius 2 is 2.05 bits per heavy atom. The SMILES string of the molecule is CCc1cnc(CCNC(=NC)NCCS(=O)(=O)CC)s1. The molecule has 0 spiro atoms. The topological polar surface area (TPSA) is 83.4 Å². The highest BCUT2D eigenvalue weighted by Crippen LogP contribution is 2.13. The molecule has 0 bridgehead atoms. The van der Waals surface area contributed by atoms with Gasteiger partial charge in [0.15, 0.2) is 15.8 Å². The summed E-state index contributed by atoms with van der Waals surface area (Å²) in [5, 5.41) is 7.27. The van der Waals surface area contributed by atoms with E-state index in [-0.39, 0.29) is 11.5 Å². The second-order valence-electron chi connectivity index (χ2n) is 4.49. The van der Waals surface area contributed by atoms with Crippen LogP contribution < -0.4 is 10.6 Å². The summed E-state index contributed by atoms with van der Waals surface area (Å²) in [7, 11) is -1.27. The molecule has 0 atom stereocenters. The van der Waals surface area contributed by atoms with Crippen LogP contribution >= 0.6 is 11.3 Å². The van der Waals surface area contributed by atoms with Crippen molar-refractivity contribution >= 4 is 27.1 Å². The van der Waals surface area contributed by atoms with Gasteiger partial charge < -0.3 is 10.6 Å². The molecule has 1 aromatic rings. The third-order valence-corrected chi connectivity index (χ3v) is 5.86. The van der Waals surface area contributed by atoms with Crippen molar-refractivity contribution in [2.75, 3.05) is 31.6 Å². The Bertz CT molecular complexity index is 552. The number of rotatable bonds is 8. The fourth-order valence-electron chi connectivity index (χ4n) is 1.60. The first kappa shape index (κ1) is 17.9. The number of sulfone groups is 1. The minimum absolute atomic E-state index is 0.122. The second-order valence-corrected chi connectivity index (χ2v) is 8.16. The van der Waals surface area contributed by atoms with Crippen molar-refractivity contribution in [3.63, 3.8) is 0 Å². The normalized spacial score (nSPS) is 12.4. The zero-order chi connectivity index (χ0) is 15.7. The van der Waals surface area contributed by atoms with Crippen molar-refractivity contribution in [1.82, 2.24) is 15.6 Å². The molecule has 1 heterocycles. The molecule has 1 rings (SSSR count). The molecule has 6 nitrogen and oxygen atoms in total. The lowest BCUT2D eigenvalue weighted by Gasteiger charge is -2.11. The van der Waals surface area contributed by atoms with E-state index in [1.165, 1.54) is 4.88 Å². The number of aliphatic imine (C=N–C) groups is 1. The number of hydrogen-bond donors (Lipinski definition) is 2. The third kappa shape index (κ3) is 6.90. The summed E-state index contributed by atoms with van der Waals surface area (Å²) in [5.41, 5.74) is 0. The van der Waals surface area contributed by atoms with E-state index < -0.39 is 9.84 Å². The van der Waals surface area contributed by atoms with Gasteiger partial charge in [-0.3, -0.25) is 4.99 Å². The average molecular weight is 332 g/mol. The maximum absolute atomic E-state index is 11.4. The molecule has 0 fully saturated rings. The molecule has 8 heteroatoms. The Balaban J connectivity index is 2.28. The number of aryl methyl sites for hydroxylation is 1. The van der Waals surface area contributed by atoms with Gasteiger partial charge in [0.25, 0.3) is 0 Å². The average Bonchev–Trinajstić information content (AvgIpc) is 2.93. The van der Waals surface area contributed by atoms with Gasteiger partial charge in [0, 0.05) is 43.4 Å². The van der Waals surface area contributed by atoms with Crippen molar-refractivity contribution in [3.8, 4) is 0 Å². The van der Waals surface area contributed by atoms with Crippen molar-refractivity contribution in [1.29, 1.82) is 0 Å². The quantitative estimate of drug-likeness (QED) is 0.545. The maximum Gasteiger partial charge on any atom is 0.191 e. The summed E-state index contributed by atoms with van der Waals surface area (Å²) in [6.45, 7) is 4.86. The Labute approximate surface area is 131 Å². The summed E-state index contributed by atoms with van der Waals surface area (Å²) >= 11 is 1.73. The molecule has 120 valence electrons. The smallest absolute Gasteiger partial charge is 0.191 e. The van der Waals surface area contributed by atoms with Crippen molar-refractivity contribution < 1.29 is 8.42 Å². The van der Waals surface area contributed by atoms with Gasteiger partial charge in [0.1, 0.15) is 0 Å². The van der Waals surface area contributed by atoms with Crippen LogP contribution in [-0.4, -0.2) is 51.0 Å². The van der Waals surface area contributed by atoms with E-state index in [9.17, 15) is 8.42 Å². The zero-order valence-electron chi connectivity index (χ0n) is 12.8. The van der Waals surface area contributed by atoms with Crippen molar-refractivity contribution in [3.05, 3.63) is 16.1 Å². The molecule has 0 unspecified atom stereocenters. The molecule has 0 aliphatic rings. The molecule has 0 aromatic carbocycles. The summed E-state index contributed by atoms with van der Waals surface area (Å²) in [5.74, 6) is 0.912. The van der Waals surface area contributed by atoms with E-state index in [4.69, 9.17) is 0 Å². The van der Waals surface area contributed by atoms with Crippen LogP contribution in [0.3, 0.4) is 0 Å². The Morgan fingerprint density at radius 1 is 1.33 bits per heavy atom. The Kier molecular flexibility index (Phi) is 7.66. The third-order valence-electron chi connectivity index (χ3n) is 2.95. The van der Waals surface area contributed by atoms with Crippen LogP contribution in [0.2, 0.25) is 0 Å². The highest BCUT2D eigenvalue weighted by molar-refractivity contribution is 7.91. The first-order valence-electron chi connectivity index (χ1n) is 7.09. The molecular formula is C13H24N4O2S2. The Hall–Kier alpha value is -1.15. The van der Waals surface area contributed by atoms with Crippen LogP contribution in [0.5, 0.6) is 0 Å². The number of aromatic nitrogens is 1. The molecular weight excluding hydrogens is 308 g/mol. The molecule has 21 heavy (non-hydrogen) atoms. The van der Waals surface area contributed by atoms with Gasteiger partial charge in [-0.25, -0.2) is 13.4 Å². The fourth-order valence-corrected chi connectivity index (χ4v) is 3.17. The van der Waals surface area contributed by atoms with Gasteiger partial charge in [-0.1, -0.05) is 13.8 Å². The van der Waals surface area contributed by atoms with Gasteiger partial charge >= 0.3 is 0 Å². The number of nitrogens with one attached hydrogen (secondary N) is 2. The summed E-state index contributed by atoms with van der Waals surface area (Å²) in [6.07, 6.45) is 3.77. The van der Waals surface area contributed by atoms with Crippen LogP contribution in [0.25, 0.3) is 0 Å². The number of guanidine groups is 1. The van der Waals surface area contributed by atoms with E-state index >= 15 is 0 Å². The summed E-state index contributed by atoms with van der Waals surface area (Å²) in [4.78, 5) is 9.71. The number of nitrogens with zero attached hydrogens (tertiary/aromatic N) is 2. The number of thiazole rings is 1. The van der Waals surface area contributed by atoms with Gasteiger partial charge in [-0.05, 0) is 6.42 Å². The molecule has 0 aliphatic carbocycles. The van der Waals surface area contributed by atoms with Crippen LogP contribution in [0.1, 0.15) is 23.7 Å². The van der Waals surface area contributed by atoms with E-state index in [0.29, 0.717) is 12.5 Å². The molecule has 0 saturated heterocycles. The van der Waals surface area contributed by atoms with E-state index in [0.717, 1.165) is 24.4 Å². The van der Waals surface area contributed by atoms with Crippen LogP contribution in [0, 0.1) is 0 Å². The van der Waals surface area contributed by atoms with Crippen LogP contribution in [0.4, 0.5) is 0 Å². The molecule has 0 amide bonds. The summed E-state index contributed by atoms with van der Waals surface area (Å²) < 4.78 is 22.8. The van der Waals surface area contributed by atoms with E-state index in [1.807, 2.05) is 6.20 Å². The fraction of sp³-hybridized carbons (Fsp3) is 0.692. The second kappa shape index (κ2) is 8.99. The first-order valence-corrected chi connectivity index (χ1v) is 9.73. The zero-order valence-corrected chi connectivity index (χ0v) is 14.5. The minimum atomic E-state index is -2.94. The standard InChI is InChI=1S/C13H24N4O2S2/c1-4-11-10-17-12(20-11)6-7-15-13(14-3)16-8-9-21(18,19)5-2/h10H,4-9H2,1-3H3,(H2,14,15,16). The highest BCUT2D eigenvalue weighted by atomic mass is 32.2. The van der Waals surface area contributed by atoms with Crippen LogP contribution in [0.15, 0.2) is 11.2 Å². The van der Waals surface area contributed by atoms with Crippen LogP contribution in [-0.2, 0) is 22.7 Å². The lowest BCUT2D eigenvalue weighted by atomic mass is 10.4. The molecule has 1 aromatic heterocycles. The molecule has 2 N–H and O–H groups in total. The monoisotopic (exact) mass is 332 g/mol. The molecule has 0 radical (unpaired) electrons. The number of hydrogen-bond acceptors (Lipinski definition) is 5. The van der Waals surface area contributed by atoms with Gasteiger partial charge in [0.2, 0.25) is 0 Å². The summed E-state index contributed by atoms with van der Waals surface area (Å²) in [6, 6.07) is 0. The molecule has 0 saturated carbocycles. The van der Waals surface area contributed by atoms with Crippen molar-refractivity contribution in [2.45, 2.75) is 26.7 Å². The predicted octanol–water partition coefficient (Wildman–Crippen LogP) is 0.848.